The number of alkyl halides is 3. The summed E-state index contributed by atoms with van der Waals surface area (Å²) >= 11 is 0. The minimum Gasteiger partial charge on any atom is -0.465 e. The highest BCUT2D eigenvalue weighted by Gasteiger charge is 2.33. The average Bonchev–Trinajstić information content (AvgIpc) is 3.09. The summed E-state index contributed by atoms with van der Waals surface area (Å²) in [7, 11) is 1.32. The third-order valence-corrected chi connectivity index (χ3v) is 5.45. The Morgan fingerprint density at radius 2 is 1.88 bits per heavy atom. The van der Waals surface area contributed by atoms with Gasteiger partial charge in [-0.05, 0) is 60.8 Å². The Bertz CT molecular complexity index is 961. The van der Waals surface area contributed by atoms with Gasteiger partial charge in [0.1, 0.15) is 5.82 Å². The van der Waals surface area contributed by atoms with E-state index >= 15 is 0 Å². The van der Waals surface area contributed by atoms with E-state index in [1.165, 1.54) is 12.0 Å². The fraction of sp³-hybridized carbons (Fsp3) is 0.391. The molecule has 1 fully saturated rings. The van der Waals surface area contributed by atoms with Crippen LogP contribution in [0.2, 0.25) is 0 Å². The lowest BCUT2D eigenvalue weighted by atomic mass is 10.1. The van der Waals surface area contributed by atoms with Gasteiger partial charge in [0.25, 0.3) is 0 Å². The Kier molecular flexibility index (Phi) is 7.50. The van der Waals surface area contributed by atoms with Crippen molar-refractivity contribution in [1.82, 2.24) is 10.2 Å². The molecule has 2 aromatic carbocycles. The third-order valence-electron chi connectivity index (χ3n) is 5.45. The third kappa shape index (κ3) is 6.06. The van der Waals surface area contributed by atoms with E-state index in [4.69, 9.17) is 0 Å². The molecule has 0 aliphatic carbocycles. The molecule has 1 unspecified atom stereocenters. The number of hydrogen-bond donors (Lipinski definition) is 1. The van der Waals surface area contributed by atoms with Crippen LogP contribution in [-0.4, -0.2) is 36.5 Å². The summed E-state index contributed by atoms with van der Waals surface area (Å²) in [5, 5.41) is 3.27. The molecular weight excluding hydrogens is 428 g/mol. The topological polar surface area (TPSA) is 58.6 Å². The maximum atomic E-state index is 13.7. The van der Waals surface area contributed by atoms with E-state index in [-0.39, 0.29) is 24.1 Å². The minimum atomic E-state index is -4.65. The first-order valence-electron chi connectivity index (χ1n) is 10.2. The number of carbonyl (C=O) groups is 2. The van der Waals surface area contributed by atoms with Crippen molar-refractivity contribution in [3.05, 3.63) is 70.5 Å². The molecule has 172 valence electrons. The molecule has 1 aliphatic rings. The fourth-order valence-corrected chi connectivity index (χ4v) is 3.79. The Labute approximate surface area is 183 Å². The van der Waals surface area contributed by atoms with Crippen molar-refractivity contribution in [1.29, 1.82) is 0 Å². The van der Waals surface area contributed by atoms with E-state index in [9.17, 15) is 27.2 Å². The van der Waals surface area contributed by atoms with Crippen LogP contribution in [0.4, 0.5) is 17.6 Å². The number of hydrogen-bond acceptors (Lipinski definition) is 4. The molecule has 1 N–H and O–H groups in total. The summed E-state index contributed by atoms with van der Waals surface area (Å²) < 4.78 is 57.2. The van der Waals surface area contributed by atoms with Gasteiger partial charge in [-0.25, -0.2) is 9.18 Å². The van der Waals surface area contributed by atoms with Crippen LogP contribution in [0, 0.1) is 5.82 Å². The van der Waals surface area contributed by atoms with Gasteiger partial charge in [0.15, 0.2) is 0 Å². The molecule has 1 heterocycles. The second-order valence-corrected chi connectivity index (χ2v) is 7.71. The molecule has 32 heavy (non-hydrogen) atoms. The van der Waals surface area contributed by atoms with E-state index in [0.29, 0.717) is 44.0 Å². The molecule has 1 saturated heterocycles. The van der Waals surface area contributed by atoms with Gasteiger partial charge in [0.2, 0.25) is 5.91 Å². The lowest BCUT2D eigenvalue weighted by Gasteiger charge is -2.25. The zero-order valence-electron chi connectivity index (χ0n) is 17.5. The Morgan fingerprint density at radius 3 is 2.53 bits per heavy atom. The molecule has 3 rings (SSSR count). The number of benzene rings is 2. The van der Waals surface area contributed by atoms with Gasteiger partial charge in [-0.2, -0.15) is 13.2 Å². The molecule has 5 nitrogen and oxygen atoms in total. The summed E-state index contributed by atoms with van der Waals surface area (Å²) in [5.74, 6) is -1.53. The SMILES string of the molecule is COC(=O)c1ccc(CNCCC2CCC(=O)N2Cc2cc(F)cc(C(F)(F)F)c2)cc1. The smallest absolute Gasteiger partial charge is 0.416 e. The van der Waals surface area contributed by atoms with Gasteiger partial charge in [-0.1, -0.05) is 12.1 Å². The lowest BCUT2D eigenvalue weighted by Crippen LogP contribution is -2.34. The van der Waals surface area contributed by atoms with Crippen LogP contribution in [0.1, 0.15) is 46.3 Å². The number of nitrogens with zero attached hydrogens (tertiary/aromatic N) is 1. The Hall–Kier alpha value is -2.94. The van der Waals surface area contributed by atoms with E-state index < -0.39 is 23.5 Å². The summed E-state index contributed by atoms with van der Waals surface area (Å²) in [6, 6.07) is 9.22. The van der Waals surface area contributed by atoms with Crippen molar-refractivity contribution in [3.8, 4) is 0 Å². The summed E-state index contributed by atoms with van der Waals surface area (Å²) in [6.07, 6.45) is -3.10. The van der Waals surface area contributed by atoms with Gasteiger partial charge in [0, 0.05) is 25.6 Å². The molecule has 0 spiro atoms. The molecule has 0 bridgehead atoms. The molecule has 1 amide bonds. The minimum absolute atomic E-state index is 0.0562. The second-order valence-electron chi connectivity index (χ2n) is 7.71. The standard InChI is InChI=1S/C23H24F4N2O3/c1-32-22(31)17-4-2-15(3-5-17)13-28-9-8-20-6-7-21(30)29(20)14-16-10-18(23(25,26)27)12-19(24)11-16/h2-5,10-12,20,28H,6-9,13-14H2,1H3. The first kappa shape index (κ1) is 23.7. The van der Waals surface area contributed by atoms with Crippen LogP contribution >= 0.6 is 0 Å². The van der Waals surface area contributed by atoms with Crippen molar-refractivity contribution < 1.29 is 31.9 Å². The second kappa shape index (κ2) is 10.1. The molecule has 9 heteroatoms. The first-order chi connectivity index (χ1) is 15.2. The van der Waals surface area contributed by atoms with E-state index in [1.807, 2.05) is 12.1 Å². The van der Waals surface area contributed by atoms with Gasteiger partial charge < -0.3 is 15.0 Å². The molecular formula is C23H24F4N2O3. The number of rotatable bonds is 8. The van der Waals surface area contributed by atoms with Crippen LogP contribution < -0.4 is 5.32 Å². The van der Waals surface area contributed by atoms with Crippen LogP contribution in [-0.2, 0) is 28.8 Å². The summed E-state index contributed by atoms with van der Waals surface area (Å²) in [6.45, 7) is 1.09. The number of nitrogens with one attached hydrogen (secondary N) is 1. The highest BCUT2D eigenvalue weighted by atomic mass is 19.4. The number of carbonyl (C=O) groups excluding carboxylic acids is 2. The van der Waals surface area contributed by atoms with E-state index in [0.717, 1.165) is 17.7 Å². The molecule has 2 aromatic rings. The van der Waals surface area contributed by atoms with Crippen molar-refractivity contribution in [2.45, 2.75) is 44.6 Å². The number of likely N-dealkylation sites (tertiary alicyclic amines) is 1. The van der Waals surface area contributed by atoms with E-state index in [2.05, 4.69) is 10.1 Å². The van der Waals surface area contributed by atoms with Gasteiger partial charge in [-0.3, -0.25) is 4.79 Å². The number of esters is 1. The maximum Gasteiger partial charge on any atom is 0.416 e. The Balaban J connectivity index is 1.54. The zero-order valence-corrected chi connectivity index (χ0v) is 17.5. The first-order valence-corrected chi connectivity index (χ1v) is 10.2. The van der Waals surface area contributed by atoms with Crippen molar-refractivity contribution in [2.24, 2.45) is 0 Å². The summed E-state index contributed by atoms with van der Waals surface area (Å²) in [4.78, 5) is 25.3. The van der Waals surface area contributed by atoms with Gasteiger partial charge >= 0.3 is 12.1 Å². The molecule has 0 aromatic heterocycles. The van der Waals surface area contributed by atoms with Gasteiger partial charge in [0.05, 0.1) is 18.2 Å². The Morgan fingerprint density at radius 1 is 1.16 bits per heavy atom. The maximum absolute atomic E-state index is 13.7. The fourth-order valence-electron chi connectivity index (χ4n) is 3.79. The number of amides is 1. The predicted molar refractivity (Wildman–Crippen MR) is 109 cm³/mol. The largest absolute Gasteiger partial charge is 0.465 e. The monoisotopic (exact) mass is 452 g/mol. The quantitative estimate of drug-likeness (QED) is 0.369. The van der Waals surface area contributed by atoms with Crippen LogP contribution in [0.15, 0.2) is 42.5 Å². The molecule has 1 atom stereocenters. The zero-order chi connectivity index (χ0) is 23.3. The number of halogens is 4. The van der Waals surface area contributed by atoms with Crippen molar-refractivity contribution >= 4 is 11.9 Å². The summed E-state index contributed by atoms with van der Waals surface area (Å²) in [5.41, 5.74) is 0.491. The molecule has 1 aliphatic heterocycles. The molecule has 0 radical (unpaired) electrons. The highest BCUT2D eigenvalue weighted by Crippen LogP contribution is 2.31. The number of methoxy groups -OCH3 is 1. The molecule has 0 saturated carbocycles. The van der Waals surface area contributed by atoms with Crippen LogP contribution in [0.25, 0.3) is 0 Å². The average molecular weight is 452 g/mol. The van der Waals surface area contributed by atoms with Crippen LogP contribution in [0.3, 0.4) is 0 Å². The van der Waals surface area contributed by atoms with E-state index in [1.54, 1.807) is 12.1 Å². The van der Waals surface area contributed by atoms with Crippen molar-refractivity contribution in [2.75, 3.05) is 13.7 Å². The lowest BCUT2D eigenvalue weighted by molar-refractivity contribution is -0.137. The normalized spacial score (nSPS) is 16.5. The van der Waals surface area contributed by atoms with Gasteiger partial charge in [-0.15, -0.1) is 0 Å². The van der Waals surface area contributed by atoms with Crippen LogP contribution in [0.5, 0.6) is 0 Å². The number of ether oxygens (including phenoxy) is 1. The highest BCUT2D eigenvalue weighted by molar-refractivity contribution is 5.89. The predicted octanol–water partition coefficient (Wildman–Crippen LogP) is 4.30. The van der Waals surface area contributed by atoms with Crippen molar-refractivity contribution in [3.63, 3.8) is 0 Å².